The molecule has 2 aromatic carbocycles. The van der Waals surface area contributed by atoms with Gasteiger partial charge in [-0.2, -0.15) is 0 Å². The number of nitrogens with zero attached hydrogens (tertiary/aromatic N) is 2. The highest BCUT2D eigenvalue weighted by molar-refractivity contribution is 5.66. The predicted octanol–water partition coefficient (Wildman–Crippen LogP) is 4.50. The quantitative estimate of drug-likeness (QED) is 0.699. The van der Waals surface area contributed by atoms with Crippen LogP contribution in [0.25, 0.3) is 0 Å². The van der Waals surface area contributed by atoms with Gasteiger partial charge in [0.15, 0.2) is 0 Å². The molecule has 0 radical (unpaired) electrons. The van der Waals surface area contributed by atoms with Crippen molar-refractivity contribution in [3.63, 3.8) is 0 Å². The molecule has 5 nitrogen and oxygen atoms in total. The first-order chi connectivity index (χ1) is 11.7. The first-order valence-electron chi connectivity index (χ1n) is 7.58. The summed E-state index contributed by atoms with van der Waals surface area (Å²) >= 11 is 0. The molecule has 6 heteroatoms. The Balaban J connectivity index is 1.77. The second-order valence-electron chi connectivity index (χ2n) is 4.97. The monoisotopic (exact) mass is 324 g/mol. The molecule has 0 aliphatic carbocycles. The van der Waals surface area contributed by atoms with E-state index in [0.717, 1.165) is 17.1 Å². The van der Waals surface area contributed by atoms with E-state index in [0.29, 0.717) is 18.2 Å². The van der Waals surface area contributed by atoms with Gasteiger partial charge in [0.2, 0.25) is 0 Å². The number of ether oxygens (including phenoxy) is 1. The summed E-state index contributed by atoms with van der Waals surface area (Å²) in [5.74, 6) is 1.71. The number of anilines is 4. The minimum Gasteiger partial charge on any atom is -0.492 e. The summed E-state index contributed by atoms with van der Waals surface area (Å²) in [6, 6.07) is 15.5. The maximum atomic E-state index is 13.0. The first kappa shape index (κ1) is 15.7. The molecule has 0 unspecified atom stereocenters. The topological polar surface area (TPSA) is 59.1 Å². The van der Waals surface area contributed by atoms with Gasteiger partial charge >= 0.3 is 0 Å². The molecular formula is C18H17FN4O. The van der Waals surface area contributed by atoms with E-state index in [4.69, 9.17) is 4.74 Å². The molecule has 0 bridgehead atoms. The molecule has 3 rings (SSSR count). The van der Waals surface area contributed by atoms with Crippen LogP contribution >= 0.6 is 0 Å². The van der Waals surface area contributed by atoms with Gasteiger partial charge in [-0.15, -0.1) is 0 Å². The molecule has 1 heterocycles. The number of para-hydroxylation sites is 2. The fraction of sp³-hybridized carbons (Fsp3) is 0.111. The Labute approximate surface area is 139 Å². The van der Waals surface area contributed by atoms with Crippen molar-refractivity contribution in [2.24, 2.45) is 0 Å². The van der Waals surface area contributed by atoms with E-state index >= 15 is 0 Å². The Kier molecular flexibility index (Phi) is 4.86. The van der Waals surface area contributed by atoms with Crippen LogP contribution in [-0.4, -0.2) is 16.6 Å². The van der Waals surface area contributed by atoms with Crippen LogP contribution in [0, 0.1) is 5.82 Å². The second kappa shape index (κ2) is 7.41. The third-order valence-electron chi connectivity index (χ3n) is 3.23. The smallest absolute Gasteiger partial charge is 0.142 e. The summed E-state index contributed by atoms with van der Waals surface area (Å²) in [5, 5.41) is 6.32. The first-order valence-corrected chi connectivity index (χ1v) is 7.58. The van der Waals surface area contributed by atoms with Gasteiger partial charge in [-0.05, 0) is 43.3 Å². The maximum absolute atomic E-state index is 13.0. The highest BCUT2D eigenvalue weighted by Gasteiger charge is 2.05. The lowest BCUT2D eigenvalue weighted by Crippen LogP contribution is -2.01. The summed E-state index contributed by atoms with van der Waals surface area (Å²) in [5.41, 5.74) is 1.57. The standard InChI is InChI=1S/C18H17FN4O/c1-2-24-16-6-4-3-5-15(16)23-18-11-17(20-12-21-18)22-14-9-7-13(19)8-10-14/h3-12H,2H2,1H3,(H2,20,21,22,23). The number of rotatable bonds is 6. The molecule has 0 spiro atoms. The van der Waals surface area contributed by atoms with Crippen molar-refractivity contribution in [2.75, 3.05) is 17.2 Å². The van der Waals surface area contributed by atoms with Crippen molar-refractivity contribution in [3.05, 3.63) is 66.7 Å². The molecule has 0 amide bonds. The highest BCUT2D eigenvalue weighted by Crippen LogP contribution is 2.27. The lowest BCUT2D eigenvalue weighted by atomic mass is 10.3. The third kappa shape index (κ3) is 3.98. The largest absolute Gasteiger partial charge is 0.492 e. The fourth-order valence-electron chi connectivity index (χ4n) is 2.16. The summed E-state index contributed by atoms with van der Waals surface area (Å²) in [7, 11) is 0. The minimum atomic E-state index is -0.280. The number of aromatic nitrogens is 2. The van der Waals surface area contributed by atoms with Gasteiger partial charge in [0.25, 0.3) is 0 Å². The molecule has 3 aromatic rings. The Morgan fingerprint density at radius 3 is 2.42 bits per heavy atom. The average molecular weight is 324 g/mol. The molecule has 24 heavy (non-hydrogen) atoms. The van der Waals surface area contributed by atoms with Crippen LogP contribution in [0.3, 0.4) is 0 Å². The van der Waals surface area contributed by atoms with Crippen LogP contribution in [0.2, 0.25) is 0 Å². The summed E-state index contributed by atoms with van der Waals surface area (Å²) in [4.78, 5) is 8.38. The number of benzene rings is 2. The van der Waals surface area contributed by atoms with E-state index in [9.17, 15) is 4.39 Å². The number of nitrogens with one attached hydrogen (secondary N) is 2. The number of hydrogen-bond donors (Lipinski definition) is 2. The van der Waals surface area contributed by atoms with E-state index < -0.39 is 0 Å². The number of hydrogen-bond acceptors (Lipinski definition) is 5. The lowest BCUT2D eigenvalue weighted by Gasteiger charge is -2.12. The van der Waals surface area contributed by atoms with Crippen LogP contribution < -0.4 is 15.4 Å². The Bertz CT molecular complexity index is 808. The molecule has 0 fully saturated rings. The summed E-state index contributed by atoms with van der Waals surface area (Å²) < 4.78 is 18.5. The van der Waals surface area contributed by atoms with E-state index in [2.05, 4.69) is 20.6 Å². The van der Waals surface area contributed by atoms with Crippen LogP contribution in [0.1, 0.15) is 6.92 Å². The van der Waals surface area contributed by atoms with Crippen LogP contribution in [0.15, 0.2) is 60.9 Å². The summed E-state index contributed by atoms with van der Waals surface area (Å²) in [6.45, 7) is 2.52. The second-order valence-corrected chi connectivity index (χ2v) is 4.97. The molecule has 1 aromatic heterocycles. The maximum Gasteiger partial charge on any atom is 0.142 e. The van der Waals surface area contributed by atoms with Crippen molar-refractivity contribution >= 4 is 23.0 Å². The van der Waals surface area contributed by atoms with E-state index in [-0.39, 0.29) is 5.82 Å². The van der Waals surface area contributed by atoms with Gasteiger partial charge in [0, 0.05) is 11.8 Å². The predicted molar refractivity (Wildman–Crippen MR) is 92.6 cm³/mol. The van der Waals surface area contributed by atoms with Gasteiger partial charge in [0.1, 0.15) is 29.5 Å². The van der Waals surface area contributed by atoms with Gasteiger partial charge in [-0.25, -0.2) is 14.4 Å². The molecule has 0 atom stereocenters. The van der Waals surface area contributed by atoms with Gasteiger partial charge < -0.3 is 15.4 Å². The van der Waals surface area contributed by atoms with Crippen LogP contribution in [-0.2, 0) is 0 Å². The van der Waals surface area contributed by atoms with E-state index in [1.807, 2.05) is 31.2 Å². The Morgan fingerprint density at radius 2 is 1.67 bits per heavy atom. The molecule has 122 valence electrons. The van der Waals surface area contributed by atoms with E-state index in [1.54, 1.807) is 18.2 Å². The van der Waals surface area contributed by atoms with Crippen LogP contribution in [0.4, 0.5) is 27.4 Å². The van der Waals surface area contributed by atoms with Crippen molar-refractivity contribution in [1.29, 1.82) is 0 Å². The van der Waals surface area contributed by atoms with Crippen LogP contribution in [0.5, 0.6) is 5.75 Å². The van der Waals surface area contributed by atoms with E-state index in [1.165, 1.54) is 18.5 Å². The lowest BCUT2D eigenvalue weighted by molar-refractivity contribution is 0.342. The SMILES string of the molecule is CCOc1ccccc1Nc1cc(Nc2ccc(F)cc2)ncn1. The Hall–Kier alpha value is -3.15. The molecule has 2 N–H and O–H groups in total. The summed E-state index contributed by atoms with van der Waals surface area (Å²) in [6.07, 6.45) is 1.46. The molecule has 0 saturated heterocycles. The third-order valence-corrected chi connectivity index (χ3v) is 3.23. The van der Waals surface area contributed by atoms with Gasteiger partial charge in [-0.3, -0.25) is 0 Å². The zero-order valence-corrected chi connectivity index (χ0v) is 13.2. The minimum absolute atomic E-state index is 0.280. The van der Waals surface area contributed by atoms with Crippen molar-refractivity contribution in [3.8, 4) is 5.75 Å². The normalized spacial score (nSPS) is 10.2. The Morgan fingerprint density at radius 1 is 0.958 bits per heavy atom. The highest BCUT2D eigenvalue weighted by atomic mass is 19.1. The van der Waals surface area contributed by atoms with Crippen molar-refractivity contribution < 1.29 is 9.13 Å². The van der Waals surface area contributed by atoms with Gasteiger partial charge in [0.05, 0.1) is 12.3 Å². The molecule has 0 aliphatic rings. The van der Waals surface area contributed by atoms with Crippen molar-refractivity contribution in [2.45, 2.75) is 6.92 Å². The molecular weight excluding hydrogens is 307 g/mol. The van der Waals surface area contributed by atoms with Gasteiger partial charge in [-0.1, -0.05) is 12.1 Å². The van der Waals surface area contributed by atoms with Crippen molar-refractivity contribution in [1.82, 2.24) is 9.97 Å². The molecule has 0 aliphatic heterocycles. The molecule has 0 saturated carbocycles. The zero-order chi connectivity index (χ0) is 16.8. The number of halogens is 1. The fourth-order valence-corrected chi connectivity index (χ4v) is 2.16. The zero-order valence-electron chi connectivity index (χ0n) is 13.2. The average Bonchev–Trinajstić information content (AvgIpc) is 2.59.